The van der Waals surface area contributed by atoms with Gasteiger partial charge in [0.05, 0.1) is 6.54 Å². The molecule has 1 heteroatoms. The highest BCUT2D eigenvalue weighted by Gasteiger charge is 2.26. The Hall–Kier alpha value is -1.11. The van der Waals surface area contributed by atoms with Gasteiger partial charge in [-0.3, -0.25) is 4.99 Å². The summed E-state index contributed by atoms with van der Waals surface area (Å²) in [5.74, 6) is 0. The van der Waals surface area contributed by atoms with Gasteiger partial charge in [-0.05, 0) is 23.1 Å². The van der Waals surface area contributed by atoms with E-state index in [1.807, 2.05) is 6.21 Å². The molecule has 2 aliphatic carbocycles. The van der Waals surface area contributed by atoms with Crippen molar-refractivity contribution < 1.29 is 0 Å². The van der Waals surface area contributed by atoms with Crippen LogP contribution in [0.25, 0.3) is 0 Å². The van der Waals surface area contributed by atoms with E-state index in [1.54, 1.807) is 0 Å². The first-order valence-electron chi connectivity index (χ1n) is 3.58. The van der Waals surface area contributed by atoms with Crippen molar-refractivity contribution >= 4 is 6.21 Å². The minimum atomic E-state index is 0.929. The summed E-state index contributed by atoms with van der Waals surface area (Å²) in [5.41, 5.74) is 5.88. The van der Waals surface area contributed by atoms with E-state index in [0.29, 0.717) is 0 Å². The molecule has 10 heavy (non-hydrogen) atoms. The Bertz CT molecular complexity index is 327. The lowest BCUT2D eigenvalue weighted by Crippen LogP contribution is -1.87. The molecule has 0 spiro atoms. The third-order valence-electron chi connectivity index (χ3n) is 2.40. The van der Waals surface area contributed by atoms with Crippen LogP contribution < -0.4 is 0 Å². The molecule has 2 bridgehead atoms. The minimum absolute atomic E-state index is 0.929. The van der Waals surface area contributed by atoms with Gasteiger partial charge in [0.25, 0.3) is 0 Å². The summed E-state index contributed by atoms with van der Waals surface area (Å²) >= 11 is 0. The lowest BCUT2D eigenvalue weighted by Gasteiger charge is -1.97. The highest BCUT2D eigenvalue weighted by atomic mass is 14.7. The average Bonchev–Trinajstić information content (AvgIpc) is 2.60. The van der Waals surface area contributed by atoms with E-state index in [4.69, 9.17) is 0 Å². The van der Waals surface area contributed by atoms with Gasteiger partial charge in [-0.15, -0.1) is 0 Å². The third kappa shape index (κ3) is 0.357. The van der Waals surface area contributed by atoms with E-state index in [9.17, 15) is 0 Å². The first-order valence-corrected chi connectivity index (χ1v) is 3.58. The quantitative estimate of drug-likeness (QED) is 0.471. The first-order chi connectivity index (χ1) is 4.95. The Morgan fingerprint density at radius 3 is 3.00 bits per heavy atom. The molecular formula is C9H7N. The van der Waals surface area contributed by atoms with Gasteiger partial charge in [-0.2, -0.15) is 0 Å². The zero-order chi connectivity index (χ0) is 6.55. The maximum absolute atomic E-state index is 4.23. The molecule has 0 aromatic heterocycles. The second kappa shape index (κ2) is 1.31. The van der Waals surface area contributed by atoms with Crippen LogP contribution in [0.3, 0.4) is 0 Å². The third-order valence-corrected chi connectivity index (χ3v) is 2.40. The van der Waals surface area contributed by atoms with Crippen molar-refractivity contribution in [2.45, 2.75) is 6.42 Å². The predicted octanol–water partition coefficient (Wildman–Crippen LogP) is 1.64. The maximum atomic E-state index is 4.23. The van der Waals surface area contributed by atoms with Crippen LogP contribution >= 0.6 is 0 Å². The number of fused-ring (bicyclic) bond motifs is 3. The van der Waals surface area contributed by atoms with Gasteiger partial charge in [0.15, 0.2) is 0 Å². The van der Waals surface area contributed by atoms with Gasteiger partial charge in [0.2, 0.25) is 0 Å². The smallest absolute Gasteiger partial charge is 0.0649 e. The average molecular weight is 129 g/mol. The summed E-state index contributed by atoms with van der Waals surface area (Å²) in [4.78, 5) is 4.23. The molecule has 3 rings (SSSR count). The van der Waals surface area contributed by atoms with Gasteiger partial charge < -0.3 is 0 Å². The molecule has 0 saturated carbocycles. The maximum Gasteiger partial charge on any atom is 0.0649 e. The van der Waals surface area contributed by atoms with E-state index < -0.39 is 0 Å². The van der Waals surface area contributed by atoms with E-state index in [1.165, 1.54) is 28.7 Å². The van der Waals surface area contributed by atoms with Gasteiger partial charge in [-0.1, -0.05) is 12.2 Å². The Morgan fingerprint density at radius 2 is 2.10 bits per heavy atom. The fraction of sp³-hybridized carbons (Fsp3) is 0.222. The van der Waals surface area contributed by atoms with Crippen LogP contribution in [-0.4, -0.2) is 12.8 Å². The molecule has 0 N–H and O–H groups in total. The second-order valence-electron chi connectivity index (χ2n) is 2.92. The van der Waals surface area contributed by atoms with Crippen LogP contribution in [0, 0.1) is 0 Å². The van der Waals surface area contributed by atoms with Crippen molar-refractivity contribution in [1.29, 1.82) is 0 Å². The predicted molar refractivity (Wildman–Crippen MR) is 41.2 cm³/mol. The van der Waals surface area contributed by atoms with E-state index in [-0.39, 0.29) is 0 Å². The van der Waals surface area contributed by atoms with Gasteiger partial charge >= 0.3 is 0 Å². The Kier molecular flexibility index (Phi) is 0.613. The van der Waals surface area contributed by atoms with Crippen LogP contribution in [0.15, 0.2) is 39.4 Å². The van der Waals surface area contributed by atoms with Crippen molar-refractivity contribution in [1.82, 2.24) is 0 Å². The van der Waals surface area contributed by atoms with Crippen molar-refractivity contribution in [3.8, 4) is 0 Å². The molecular weight excluding hydrogens is 122 g/mol. The van der Waals surface area contributed by atoms with Gasteiger partial charge in [0, 0.05) is 11.8 Å². The molecule has 0 fully saturated rings. The normalized spacial score (nSPS) is 25.6. The standard InChI is InChI=1S/C9H7N/c1-2-7-3-6(1)8-4-10-5-9(7)8/h1-2,4H,3,5H2. The lowest BCUT2D eigenvalue weighted by atomic mass is 10.1. The highest BCUT2D eigenvalue weighted by molar-refractivity contribution is 5.93. The zero-order valence-electron chi connectivity index (χ0n) is 5.59. The molecule has 3 aliphatic rings. The highest BCUT2D eigenvalue weighted by Crippen LogP contribution is 2.40. The monoisotopic (exact) mass is 129 g/mol. The molecule has 0 atom stereocenters. The molecule has 0 saturated heterocycles. The van der Waals surface area contributed by atoms with Crippen molar-refractivity contribution in [2.75, 3.05) is 6.54 Å². The fourth-order valence-corrected chi connectivity index (χ4v) is 1.86. The van der Waals surface area contributed by atoms with Crippen molar-refractivity contribution in [2.24, 2.45) is 4.99 Å². The molecule has 1 nitrogen and oxygen atoms in total. The molecule has 1 aliphatic heterocycles. The summed E-state index contributed by atoms with van der Waals surface area (Å²) < 4.78 is 0. The van der Waals surface area contributed by atoms with Crippen molar-refractivity contribution in [3.63, 3.8) is 0 Å². The topological polar surface area (TPSA) is 12.4 Å². The molecule has 48 valence electrons. The number of rotatable bonds is 0. The number of nitrogens with zero attached hydrogens (tertiary/aromatic N) is 1. The summed E-state index contributed by atoms with van der Waals surface area (Å²) in [7, 11) is 0. The van der Waals surface area contributed by atoms with Crippen LogP contribution in [0.5, 0.6) is 0 Å². The number of hydrogen-bond donors (Lipinski definition) is 0. The van der Waals surface area contributed by atoms with Crippen LogP contribution in [0.2, 0.25) is 0 Å². The number of aliphatic imine (C=N–C) groups is 1. The molecule has 0 aromatic rings. The Morgan fingerprint density at radius 1 is 1.20 bits per heavy atom. The van der Waals surface area contributed by atoms with Gasteiger partial charge in [0.1, 0.15) is 0 Å². The van der Waals surface area contributed by atoms with E-state index >= 15 is 0 Å². The summed E-state index contributed by atoms with van der Waals surface area (Å²) in [6.07, 6.45) is 7.63. The molecule has 0 aromatic carbocycles. The lowest BCUT2D eigenvalue weighted by molar-refractivity contribution is 1.20. The van der Waals surface area contributed by atoms with Crippen LogP contribution in [0.4, 0.5) is 0 Å². The first kappa shape index (κ1) is 4.67. The Balaban J connectivity index is 2.38. The van der Waals surface area contributed by atoms with Crippen LogP contribution in [0.1, 0.15) is 6.42 Å². The molecule has 0 radical (unpaired) electrons. The van der Waals surface area contributed by atoms with E-state index in [0.717, 1.165) is 6.54 Å². The van der Waals surface area contributed by atoms with Gasteiger partial charge in [-0.25, -0.2) is 0 Å². The Labute approximate surface area is 59.5 Å². The second-order valence-corrected chi connectivity index (χ2v) is 2.92. The van der Waals surface area contributed by atoms with E-state index in [2.05, 4.69) is 17.1 Å². The molecule has 0 amide bonds. The summed E-state index contributed by atoms with van der Waals surface area (Å²) in [6, 6.07) is 0. The number of allylic oxidation sites excluding steroid dienone is 4. The molecule has 0 unspecified atom stereocenters. The zero-order valence-corrected chi connectivity index (χ0v) is 5.59. The van der Waals surface area contributed by atoms with Crippen LogP contribution in [-0.2, 0) is 0 Å². The largest absolute Gasteiger partial charge is 0.288 e. The molecule has 1 heterocycles. The van der Waals surface area contributed by atoms with Crippen molar-refractivity contribution in [3.05, 3.63) is 34.4 Å². The minimum Gasteiger partial charge on any atom is -0.288 e. The fourth-order valence-electron chi connectivity index (χ4n) is 1.86. The SMILES string of the molecule is C1=CC2=C3CN=CC3=C1C2. The summed E-state index contributed by atoms with van der Waals surface area (Å²) in [6.45, 7) is 0.929. The summed E-state index contributed by atoms with van der Waals surface area (Å²) in [5, 5.41) is 0. The number of hydrogen-bond acceptors (Lipinski definition) is 1.